The van der Waals surface area contributed by atoms with Crippen LogP contribution < -0.4 is 16.0 Å². The Morgan fingerprint density at radius 1 is 1.30 bits per heavy atom. The van der Waals surface area contributed by atoms with E-state index >= 15 is 0 Å². The van der Waals surface area contributed by atoms with Crippen LogP contribution in [-0.4, -0.2) is 13.6 Å². The first kappa shape index (κ1) is 8.88. The van der Waals surface area contributed by atoms with Gasteiger partial charge in [-0.15, -0.1) is 0 Å². The van der Waals surface area contributed by atoms with E-state index in [0.717, 1.165) is 18.2 Å². The molecule has 3 nitrogen and oxygen atoms in total. The Hall–Kier alpha value is -1.12. The van der Waals surface area contributed by atoms with Crippen molar-refractivity contribution >= 4 is 0 Å². The maximum atomic E-state index is 3.71. The zero-order chi connectivity index (χ0) is 7.98. The first-order valence-corrected chi connectivity index (χ1v) is 3.27. The van der Waals surface area contributed by atoms with Crippen molar-refractivity contribution in [1.82, 2.24) is 16.0 Å². The van der Waals surface area contributed by atoms with Crippen LogP contribution >= 0.6 is 0 Å². The van der Waals surface area contributed by atoms with Gasteiger partial charge in [0.15, 0.2) is 0 Å². The van der Waals surface area contributed by atoms with Crippen molar-refractivity contribution in [1.29, 1.82) is 0 Å². The molecule has 0 saturated carbocycles. The Bertz CT molecular complexity index is 129. The van der Waals surface area contributed by atoms with Crippen LogP contribution in [0.15, 0.2) is 24.8 Å². The van der Waals surface area contributed by atoms with Gasteiger partial charge in [0.2, 0.25) is 0 Å². The molecule has 10 heavy (non-hydrogen) atoms. The van der Waals surface area contributed by atoms with E-state index in [4.69, 9.17) is 0 Å². The molecule has 0 amide bonds. The van der Waals surface area contributed by atoms with Crippen LogP contribution in [0.3, 0.4) is 0 Å². The normalized spacial score (nSPS) is 8.20. The van der Waals surface area contributed by atoms with Gasteiger partial charge >= 0.3 is 0 Å². The smallest absolute Gasteiger partial charge is 0.0967 e. The maximum Gasteiger partial charge on any atom is 0.0967 e. The molecule has 0 heterocycles. The Kier molecular flexibility index (Phi) is 4.20. The molecule has 3 N–H and O–H groups in total. The van der Waals surface area contributed by atoms with Crippen molar-refractivity contribution < 1.29 is 0 Å². The van der Waals surface area contributed by atoms with E-state index in [1.54, 1.807) is 7.05 Å². The average Bonchev–Trinajstić information content (AvgIpc) is 1.88. The van der Waals surface area contributed by atoms with E-state index in [1.165, 1.54) is 0 Å². The minimum absolute atomic E-state index is 0.742. The zero-order valence-corrected chi connectivity index (χ0v) is 6.62. The van der Waals surface area contributed by atoms with Crippen molar-refractivity contribution in [2.24, 2.45) is 0 Å². The maximum absolute atomic E-state index is 3.71. The van der Waals surface area contributed by atoms with E-state index in [9.17, 15) is 0 Å². The quantitative estimate of drug-likeness (QED) is 0.517. The van der Waals surface area contributed by atoms with Gasteiger partial charge < -0.3 is 16.0 Å². The first-order chi connectivity index (χ1) is 4.70. The van der Waals surface area contributed by atoms with E-state index in [2.05, 4.69) is 29.1 Å². The molecular formula is C7H15N3. The topological polar surface area (TPSA) is 36.1 Å². The lowest BCUT2D eigenvalue weighted by atomic mass is 10.6. The third kappa shape index (κ3) is 3.83. The molecule has 3 heteroatoms. The predicted octanol–water partition coefficient (Wildman–Crippen LogP) is 0.347. The average molecular weight is 141 g/mol. The summed E-state index contributed by atoms with van der Waals surface area (Å²) in [5, 5.41) is 8.77. The van der Waals surface area contributed by atoms with Crippen molar-refractivity contribution in [3.63, 3.8) is 0 Å². The molecule has 0 bridgehead atoms. The Labute approximate surface area is 62.2 Å². The van der Waals surface area contributed by atoms with Crippen LogP contribution in [0.4, 0.5) is 0 Å². The summed E-state index contributed by atoms with van der Waals surface area (Å²) in [7, 11) is 1.80. The fourth-order valence-corrected chi connectivity index (χ4v) is 0.502. The zero-order valence-electron chi connectivity index (χ0n) is 6.62. The highest BCUT2D eigenvalue weighted by molar-refractivity contribution is 5.00. The highest BCUT2D eigenvalue weighted by atomic mass is 15.2. The summed E-state index contributed by atoms with van der Waals surface area (Å²) >= 11 is 0. The molecule has 0 aromatic heterocycles. The molecule has 0 aliphatic rings. The third-order valence-electron chi connectivity index (χ3n) is 0.994. The number of nitrogens with one attached hydrogen (secondary N) is 3. The van der Waals surface area contributed by atoms with Gasteiger partial charge in [-0.1, -0.05) is 13.2 Å². The largest absolute Gasteiger partial charge is 0.375 e. The molecule has 0 aliphatic heterocycles. The molecule has 0 saturated heterocycles. The van der Waals surface area contributed by atoms with Crippen LogP contribution in [0.1, 0.15) is 6.92 Å². The Balaban J connectivity index is 3.47. The van der Waals surface area contributed by atoms with E-state index < -0.39 is 0 Å². The number of hydrogen-bond donors (Lipinski definition) is 3. The molecule has 0 rings (SSSR count). The lowest BCUT2D eigenvalue weighted by Gasteiger charge is -2.11. The first-order valence-electron chi connectivity index (χ1n) is 3.27. The summed E-state index contributed by atoms with van der Waals surface area (Å²) in [5.74, 6) is 1.51. The monoisotopic (exact) mass is 141 g/mol. The molecular weight excluding hydrogens is 126 g/mol. The summed E-state index contributed by atoms with van der Waals surface area (Å²) in [6, 6.07) is 0. The molecule has 0 aromatic rings. The second-order valence-electron chi connectivity index (χ2n) is 1.86. The van der Waals surface area contributed by atoms with Crippen molar-refractivity contribution in [2.75, 3.05) is 13.6 Å². The van der Waals surface area contributed by atoms with Gasteiger partial charge in [-0.2, -0.15) is 0 Å². The lowest BCUT2D eigenvalue weighted by molar-refractivity contribution is 0.735. The van der Waals surface area contributed by atoms with Crippen molar-refractivity contribution in [3.8, 4) is 0 Å². The molecule has 0 atom stereocenters. The number of rotatable bonds is 5. The standard InChI is InChI=1S/C7H15N3/c1-5-9-7(3)10-6(2)8-4/h8-10H,2-3,5H2,1,4H3. The molecule has 58 valence electrons. The summed E-state index contributed by atoms with van der Waals surface area (Å²) in [6.45, 7) is 10.3. The van der Waals surface area contributed by atoms with Gasteiger partial charge in [0.1, 0.15) is 0 Å². The summed E-state index contributed by atoms with van der Waals surface area (Å²) in [6.07, 6.45) is 0. The van der Waals surface area contributed by atoms with Crippen molar-refractivity contribution in [2.45, 2.75) is 6.92 Å². The van der Waals surface area contributed by atoms with Gasteiger partial charge in [0.25, 0.3) is 0 Å². The van der Waals surface area contributed by atoms with Gasteiger partial charge in [0, 0.05) is 13.6 Å². The van der Waals surface area contributed by atoms with E-state index in [1.807, 2.05) is 6.92 Å². The third-order valence-corrected chi connectivity index (χ3v) is 0.994. The second kappa shape index (κ2) is 4.73. The highest BCUT2D eigenvalue weighted by Crippen LogP contribution is 1.80. The van der Waals surface area contributed by atoms with Crippen molar-refractivity contribution in [3.05, 3.63) is 24.8 Å². The number of hydrogen-bond acceptors (Lipinski definition) is 3. The van der Waals surface area contributed by atoms with Crippen LogP contribution in [0.2, 0.25) is 0 Å². The van der Waals surface area contributed by atoms with Crippen LogP contribution in [0.5, 0.6) is 0 Å². The van der Waals surface area contributed by atoms with Crippen LogP contribution in [0, 0.1) is 0 Å². The summed E-state index contributed by atoms with van der Waals surface area (Å²) in [4.78, 5) is 0. The van der Waals surface area contributed by atoms with Crippen LogP contribution in [-0.2, 0) is 0 Å². The fourth-order valence-electron chi connectivity index (χ4n) is 0.502. The lowest BCUT2D eigenvalue weighted by Crippen LogP contribution is -2.29. The minimum atomic E-state index is 0.742. The minimum Gasteiger partial charge on any atom is -0.375 e. The van der Waals surface area contributed by atoms with Gasteiger partial charge in [-0.25, -0.2) is 0 Å². The Morgan fingerprint density at radius 3 is 2.30 bits per heavy atom. The Morgan fingerprint density at radius 2 is 1.90 bits per heavy atom. The predicted molar refractivity (Wildman–Crippen MR) is 44.2 cm³/mol. The van der Waals surface area contributed by atoms with Crippen LogP contribution in [0.25, 0.3) is 0 Å². The molecule has 0 spiro atoms. The SMILES string of the molecule is C=C(NC)NC(=C)NCC. The van der Waals surface area contributed by atoms with E-state index in [-0.39, 0.29) is 0 Å². The van der Waals surface area contributed by atoms with Gasteiger partial charge in [-0.3, -0.25) is 0 Å². The summed E-state index contributed by atoms with van der Waals surface area (Å²) < 4.78 is 0. The summed E-state index contributed by atoms with van der Waals surface area (Å²) in [5.41, 5.74) is 0. The second-order valence-corrected chi connectivity index (χ2v) is 1.86. The molecule has 0 radical (unpaired) electrons. The molecule has 0 aliphatic carbocycles. The molecule has 0 fully saturated rings. The van der Waals surface area contributed by atoms with Gasteiger partial charge in [0.05, 0.1) is 11.6 Å². The fraction of sp³-hybridized carbons (Fsp3) is 0.429. The molecule has 0 unspecified atom stereocenters. The highest BCUT2D eigenvalue weighted by Gasteiger charge is 1.89. The van der Waals surface area contributed by atoms with E-state index in [0.29, 0.717) is 0 Å². The van der Waals surface area contributed by atoms with Gasteiger partial charge in [-0.05, 0) is 6.92 Å². The molecule has 0 aromatic carbocycles.